The average molecular weight is 214 g/mol. The van der Waals surface area contributed by atoms with Crippen molar-refractivity contribution in [3.63, 3.8) is 0 Å². The fourth-order valence-electron chi connectivity index (χ4n) is 1.42. The van der Waals surface area contributed by atoms with Gasteiger partial charge >= 0.3 is 11.9 Å². The molecule has 4 heteroatoms. The van der Waals surface area contributed by atoms with E-state index in [4.69, 9.17) is 9.47 Å². The van der Waals surface area contributed by atoms with E-state index in [-0.39, 0.29) is 23.3 Å². The Morgan fingerprint density at radius 2 is 1.80 bits per heavy atom. The van der Waals surface area contributed by atoms with Crippen LogP contribution < -0.4 is 0 Å². The lowest BCUT2D eigenvalue weighted by Crippen LogP contribution is -2.13. The molecule has 0 radical (unpaired) electrons. The van der Waals surface area contributed by atoms with Gasteiger partial charge in [0, 0.05) is 13.3 Å². The fourth-order valence-corrected chi connectivity index (χ4v) is 1.42. The van der Waals surface area contributed by atoms with Gasteiger partial charge in [0.1, 0.15) is 0 Å². The number of carbonyl (C=O) groups is 2. The lowest BCUT2D eigenvalue weighted by molar-refractivity contribution is -0.147. The summed E-state index contributed by atoms with van der Waals surface area (Å²) >= 11 is 0. The zero-order valence-electron chi connectivity index (χ0n) is 9.54. The summed E-state index contributed by atoms with van der Waals surface area (Å²) in [7, 11) is 0. The van der Waals surface area contributed by atoms with Crippen LogP contribution in [0.2, 0.25) is 0 Å². The van der Waals surface area contributed by atoms with E-state index in [1.807, 2.05) is 0 Å². The number of carbonyl (C=O) groups excluding carboxylic acids is 2. The third kappa shape index (κ3) is 3.90. The molecule has 0 saturated heterocycles. The second kappa shape index (κ2) is 4.64. The van der Waals surface area contributed by atoms with Gasteiger partial charge < -0.3 is 9.47 Å². The molecule has 0 heterocycles. The van der Waals surface area contributed by atoms with E-state index in [0.717, 1.165) is 6.42 Å². The van der Waals surface area contributed by atoms with Gasteiger partial charge in [0.25, 0.3) is 0 Å². The minimum atomic E-state index is -0.301. The van der Waals surface area contributed by atoms with E-state index in [1.54, 1.807) is 0 Å². The SMILES string of the molecule is CC(=O)OCCCOC(=O)C1CC1(C)C. The molecule has 1 rings (SSSR count). The Balaban J connectivity index is 2.01. The van der Waals surface area contributed by atoms with Crippen molar-refractivity contribution < 1.29 is 19.1 Å². The van der Waals surface area contributed by atoms with E-state index in [9.17, 15) is 9.59 Å². The van der Waals surface area contributed by atoms with E-state index >= 15 is 0 Å². The summed E-state index contributed by atoms with van der Waals surface area (Å²) in [5.41, 5.74) is 0.118. The quantitative estimate of drug-likeness (QED) is 0.514. The number of rotatable bonds is 5. The maximum atomic E-state index is 11.4. The van der Waals surface area contributed by atoms with Gasteiger partial charge in [0.15, 0.2) is 0 Å². The van der Waals surface area contributed by atoms with Crippen LogP contribution >= 0.6 is 0 Å². The highest BCUT2D eigenvalue weighted by atomic mass is 16.5. The van der Waals surface area contributed by atoms with Crippen LogP contribution in [0.15, 0.2) is 0 Å². The fraction of sp³-hybridized carbons (Fsp3) is 0.818. The summed E-state index contributed by atoms with van der Waals surface area (Å²) in [6.45, 7) is 6.11. The summed E-state index contributed by atoms with van der Waals surface area (Å²) in [4.78, 5) is 21.8. The monoisotopic (exact) mass is 214 g/mol. The van der Waals surface area contributed by atoms with Crippen molar-refractivity contribution in [1.29, 1.82) is 0 Å². The van der Waals surface area contributed by atoms with Crippen LogP contribution in [0.5, 0.6) is 0 Å². The lowest BCUT2D eigenvalue weighted by Gasteiger charge is -2.05. The van der Waals surface area contributed by atoms with Crippen molar-refractivity contribution in [1.82, 2.24) is 0 Å². The first-order valence-electron chi connectivity index (χ1n) is 5.23. The zero-order valence-corrected chi connectivity index (χ0v) is 9.54. The van der Waals surface area contributed by atoms with Gasteiger partial charge in [0.05, 0.1) is 19.1 Å². The third-order valence-corrected chi connectivity index (χ3v) is 2.64. The number of hydrogen-bond acceptors (Lipinski definition) is 4. The highest BCUT2D eigenvalue weighted by Gasteiger charge is 2.51. The summed E-state index contributed by atoms with van der Waals surface area (Å²) in [5, 5.41) is 0. The average Bonchev–Trinajstić information content (AvgIpc) is 2.74. The van der Waals surface area contributed by atoms with Gasteiger partial charge in [-0.3, -0.25) is 9.59 Å². The lowest BCUT2D eigenvalue weighted by atomic mass is 10.1. The molecule has 1 saturated carbocycles. The van der Waals surface area contributed by atoms with Gasteiger partial charge in [-0.2, -0.15) is 0 Å². The molecule has 0 N–H and O–H groups in total. The predicted octanol–water partition coefficient (Wildman–Crippen LogP) is 1.53. The van der Waals surface area contributed by atoms with Crippen LogP contribution in [0, 0.1) is 11.3 Å². The molecule has 0 aromatic rings. The molecule has 86 valence electrons. The molecular formula is C11H18O4. The molecule has 0 bridgehead atoms. The molecule has 1 fully saturated rings. The van der Waals surface area contributed by atoms with Crippen LogP contribution in [0.1, 0.15) is 33.6 Å². The molecule has 1 atom stereocenters. The molecule has 0 amide bonds. The van der Waals surface area contributed by atoms with Crippen molar-refractivity contribution >= 4 is 11.9 Å². The smallest absolute Gasteiger partial charge is 0.309 e. The van der Waals surface area contributed by atoms with Crippen molar-refractivity contribution in [3.8, 4) is 0 Å². The van der Waals surface area contributed by atoms with E-state index in [0.29, 0.717) is 19.6 Å². The van der Waals surface area contributed by atoms with Crippen LogP contribution in [0.4, 0.5) is 0 Å². The van der Waals surface area contributed by atoms with Gasteiger partial charge in [-0.05, 0) is 11.8 Å². The highest BCUT2D eigenvalue weighted by Crippen LogP contribution is 2.52. The summed E-state index contributed by atoms with van der Waals surface area (Å²) < 4.78 is 9.76. The number of hydrogen-bond donors (Lipinski definition) is 0. The molecule has 0 aromatic carbocycles. The van der Waals surface area contributed by atoms with Gasteiger partial charge in [-0.25, -0.2) is 0 Å². The first-order valence-corrected chi connectivity index (χ1v) is 5.23. The Morgan fingerprint density at radius 1 is 1.27 bits per heavy atom. The Labute approximate surface area is 89.9 Å². The summed E-state index contributed by atoms with van der Waals surface area (Å²) in [6.07, 6.45) is 1.48. The van der Waals surface area contributed by atoms with Crippen LogP contribution in [0.3, 0.4) is 0 Å². The molecule has 1 aliphatic carbocycles. The molecule has 15 heavy (non-hydrogen) atoms. The first kappa shape index (κ1) is 12.0. The van der Waals surface area contributed by atoms with Crippen molar-refractivity contribution in [2.45, 2.75) is 33.6 Å². The molecule has 0 aromatic heterocycles. The Bertz CT molecular complexity index is 257. The van der Waals surface area contributed by atoms with Gasteiger partial charge in [-0.15, -0.1) is 0 Å². The highest BCUT2D eigenvalue weighted by molar-refractivity contribution is 5.76. The Morgan fingerprint density at radius 3 is 2.27 bits per heavy atom. The topological polar surface area (TPSA) is 52.6 Å². The normalized spacial score (nSPS) is 21.9. The molecule has 4 nitrogen and oxygen atoms in total. The van der Waals surface area contributed by atoms with Crippen LogP contribution in [0.25, 0.3) is 0 Å². The Hall–Kier alpha value is -1.06. The van der Waals surface area contributed by atoms with E-state index in [1.165, 1.54) is 6.92 Å². The minimum Gasteiger partial charge on any atom is -0.466 e. The van der Waals surface area contributed by atoms with E-state index in [2.05, 4.69) is 13.8 Å². The van der Waals surface area contributed by atoms with Crippen LogP contribution in [-0.2, 0) is 19.1 Å². The second-order valence-corrected chi connectivity index (χ2v) is 4.61. The summed E-state index contributed by atoms with van der Waals surface area (Å²) in [5.74, 6) is -0.362. The molecule has 0 aliphatic heterocycles. The standard InChI is InChI=1S/C11H18O4/c1-8(12)14-5-4-6-15-10(13)9-7-11(9,2)3/h9H,4-7H2,1-3H3. The molecule has 1 unspecified atom stereocenters. The van der Waals surface area contributed by atoms with Crippen molar-refractivity contribution in [2.75, 3.05) is 13.2 Å². The maximum absolute atomic E-state index is 11.4. The molecule has 1 aliphatic rings. The predicted molar refractivity (Wildman–Crippen MR) is 54.1 cm³/mol. The first-order chi connectivity index (χ1) is 6.93. The molecule has 0 spiro atoms. The van der Waals surface area contributed by atoms with E-state index < -0.39 is 0 Å². The largest absolute Gasteiger partial charge is 0.466 e. The van der Waals surface area contributed by atoms with Gasteiger partial charge in [0.2, 0.25) is 0 Å². The third-order valence-electron chi connectivity index (χ3n) is 2.64. The second-order valence-electron chi connectivity index (χ2n) is 4.61. The van der Waals surface area contributed by atoms with Crippen molar-refractivity contribution in [3.05, 3.63) is 0 Å². The van der Waals surface area contributed by atoms with Crippen molar-refractivity contribution in [2.24, 2.45) is 11.3 Å². The zero-order chi connectivity index (χ0) is 11.5. The molecular weight excluding hydrogens is 196 g/mol. The number of ether oxygens (including phenoxy) is 2. The Kier molecular flexibility index (Phi) is 3.72. The maximum Gasteiger partial charge on any atom is 0.309 e. The van der Waals surface area contributed by atoms with Crippen LogP contribution in [-0.4, -0.2) is 25.2 Å². The number of esters is 2. The summed E-state index contributed by atoms with van der Waals surface area (Å²) in [6, 6.07) is 0. The van der Waals surface area contributed by atoms with Gasteiger partial charge in [-0.1, -0.05) is 13.8 Å². The minimum absolute atomic E-state index is 0.0613.